The number of ether oxygens (including phenoxy) is 12. The average molecular weight is 1510 g/mol. The zero-order chi connectivity index (χ0) is 77.4. The fourth-order valence-corrected chi connectivity index (χ4v) is 10.9. The Balaban J connectivity index is 0.830. The van der Waals surface area contributed by atoms with Gasteiger partial charge in [0.25, 0.3) is 0 Å². The number of aromatic hydroxyl groups is 6. The van der Waals surface area contributed by atoms with E-state index < -0.39 is 254 Å². The second-order valence-corrected chi connectivity index (χ2v) is 24.4. The summed E-state index contributed by atoms with van der Waals surface area (Å²) in [6.45, 7) is -3.20. The van der Waals surface area contributed by atoms with Gasteiger partial charge in [0.1, 0.15) is 142 Å². The van der Waals surface area contributed by atoms with Crippen LogP contribution in [0, 0.1) is 0 Å². The molecule has 1 aliphatic carbocycles. The Labute approximate surface area is 600 Å². The molecule has 6 aliphatic rings. The number of benzene rings is 5. The van der Waals surface area contributed by atoms with Gasteiger partial charge < -0.3 is 158 Å². The number of hydrogen-bond donors (Lipinski definition) is 19. The molecule has 0 unspecified atom stereocenters. The monoisotopic (exact) mass is 1510 g/mol. The molecule has 5 heterocycles. The average Bonchev–Trinajstić information content (AvgIpc) is 0.770. The molecule has 0 bridgehead atoms. The Morgan fingerprint density at radius 1 is 0.374 bits per heavy atom. The van der Waals surface area contributed by atoms with Crippen LogP contribution in [0.2, 0.25) is 0 Å². The number of aliphatic hydroxyl groups is 12. The van der Waals surface area contributed by atoms with Gasteiger partial charge in [-0.1, -0.05) is 18.2 Å². The molecular formula is C69H70O38. The maximum absolute atomic E-state index is 14.1. The number of rotatable bonds is 25. The Hall–Kier alpha value is -10.8. The molecule has 0 saturated carbocycles. The summed E-state index contributed by atoms with van der Waals surface area (Å²) in [6, 6.07) is 16.9. The molecule has 10 rings (SSSR count). The fraction of sp³-hybridized carbons (Fsp3) is 0.362. The van der Waals surface area contributed by atoms with Crippen LogP contribution in [0.4, 0.5) is 0 Å². The highest BCUT2D eigenvalue weighted by atomic mass is 16.7. The third kappa shape index (κ3) is 19.1. The summed E-state index contributed by atoms with van der Waals surface area (Å²) < 4.78 is 72.6. The van der Waals surface area contributed by atoms with E-state index in [0.29, 0.717) is 5.56 Å². The zero-order valence-electron chi connectivity index (χ0n) is 55.0. The van der Waals surface area contributed by atoms with Crippen LogP contribution < -0.4 is 24.4 Å². The SMILES string of the molecule is O=C(O)CC(=O)OC[C@H]1O[C@@H](Oc2cc3c(=O)cc(O[C@@H]4O[C@H](COC(=O)C=Cc5ccc(O)c(O)c5)[C@@H](O)[C@H](O)[C@H]4O)cc-3oc2-c2ccc(O)c(O[C@@H]3O[C@H](COC(=O)/C=C/c4ccc(O[C@@H]5O[C@H](COC(=O)C=Cc6ccc(O)c(O)c6)[C@@H](O)[C@H](O)[C@H]5O)c(O)c4)[C@@H](O)[C@H](O)[C@H]3O)c2)[C@H](O)[C@@H](O)[C@@H]1O. The summed E-state index contributed by atoms with van der Waals surface area (Å²) in [5.74, 6) is -11.9. The van der Waals surface area contributed by atoms with Crippen LogP contribution in [0.1, 0.15) is 23.1 Å². The molecule has 0 aromatic heterocycles. The molecule has 4 fully saturated rings. The molecule has 4 aromatic carbocycles. The summed E-state index contributed by atoms with van der Waals surface area (Å²) in [7, 11) is 0. The van der Waals surface area contributed by atoms with Crippen molar-refractivity contribution in [2.45, 2.75) is 129 Å². The van der Waals surface area contributed by atoms with E-state index in [-0.39, 0.29) is 28.0 Å². The summed E-state index contributed by atoms with van der Waals surface area (Å²) in [4.78, 5) is 75.5. The molecular weight excluding hydrogens is 1440 g/mol. The minimum atomic E-state index is -2.17. The van der Waals surface area contributed by atoms with Crippen molar-refractivity contribution in [1.82, 2.24) is 0 Å². The molecule has 0 amide bonds. The molecule has 4 aromatic rings. The Morgan fingerprint density at radius 2 is 0.757 bits per heavy atom. The number of carbonyl (C=O) groups excluding carboxylic acids is 4. The maximum atomic E-state index is 14.1. The highest BCUT2D eigenvalue weighted by Crippen LogP contribution is 2.43. The standard InChI is InChI=1S/C69H70O38/c70-33-8-1-27(15-37(33)74)4-12-49(79)95-23-44-53(83)57(87)61(91)66(104-44)99-31-19-36(73)32-21-43(103-69-64(94)60(90)56(86)47(107-69)26-98-52(82)22-48(77)78)65(100-41(32)20-31)30-7-10-35(72)42(18-30)102-68-63(93)59(89)55(85)46(106-68)25-97-51(81)14-6-29-3-11-40(39(76)17-29)101-67-62(92)58(88)54(84)45(105-67)24-96-50(80)13-5-28-2-9-34(71)38(75)16-28/h1-21,44-47,53-64,66-72,74-76,83-94H,22-26H2,(H,77,78)/b12-4?,13-5?,14-6+/t44-,45-,46-,47-,53-,54-,55-,56-,57+,58+,59+,60+,61-,62-,63-,64-,66-,67-,68-,69-/m1/s1. The number of hydrogen-bond acceptors (Lipinski definition) is 37. The van der Waals surface area contributed by atoms with E-state index in [4.69, 9.17) is 66.4 Å². The van der Waals surface area contributed by atoms with Crippen LogP contribution in [-0.2, 0) is 61.9 Å². The summed E-state index contributed by atoms with van der Waals surface area (Å²) in [6.07, 6.45) is -33.3. The van der Waals surface area contributed by atoms with Gasteiger partial charge in [-0.25, -0.2) is 14.4 Å². The molecule has 38 heteroatoms. The van der Waals surface area contributed by atoms with E-state index in [2.05, 4.69) is 0 Å². The third-order valence-electron chi connectivity index (χ3n) is 16.8. The number of carbonyl (C=O) groups is 5. The van der Waals surface area contributed by atoms with Crippen LogP contribution >= 0.6 is 0 Å². The van der Waals surface area contributed by atoms with Crippen LogP contribution in [-0.4, -0.2) is 276 Å². The lowest BCUT2D eigenvalue weighted by Crippen LogP contribution is -2.60. The first-order valence-corrected chi connectivity index (χ1v) is 32.0. The quantitative estimate of drug-likeness (QED) is 0.00904. The second-order valence-electron chi connectivity index (χ2n) is 24.4. The topological polar surface area (TPSA) is 611 Å². The van der Waals surface area contributed by atoms with Gasteiger partial charge in [0.05, 0.1) is 5.56 Å². The van der Waals surface area contributed by atoms with Crippen molar-refractivity contribution in [1.29, 1.82) is 0 Å². The number of esters is 4. The van der Waals surface area contributed by atoms with Gasteiger partial charge in [0.15, 0.2) is 62.9 Å². The van der Waals surface area contributed by atoms with Crippen molar-refractivity contribution in [3.8, 4) is 80.1 Å². The van der Waals surface area contributed by atoms with Gasteiger partial charge in [-0.3, -0.25) is 14.4 Å². The number of phenols is 6. The first kappa shape index (κ1) is 78.8. The molecule has 5 aliphatic heterocycles. The first-order chi connectivity index (χ1) is 50.8. The lowest BCUT2D eigenvalue weighted by atomic mass is 9.99. The normalized spacial score (nSPS) is 28.8. The number of fused-ring (bicyclic) bond motifs is 1. The molecule has 107 heavy (non-hydrogen) atoms. The van der Waals surface area contributed by atoms with Crippen molar-refractivity contribution >= 4 is 48.1 Å². The Kier molecular flexibility index (Phi) is 25.2. The number of aliphatic carboxylic acids is 1. The lowest BCUT2D eigenvalue weighted by Gasteiger charge is -2.40. The predicted molar refractivity (Wildman–Crippen MR) is 349 cm³/mol. The zero-order valence-corrected chi connectivity index (χ0v) is 55.0. The van der Waals surface area contributed by atoms with E-state index in [1.165, 1.54) is 36.4 Å². The van der Waals surface area contributed by atoms with Crippen molar-refractivity contribution < 1.29 is 182 Å². The third-order valence-corrected chi connectivity index (χ3v) is 16.8. The van der Waals surface area contributed by atoms with Crippen molar-refractivity contribution in [3.63, 3.8) is 0 Å². The molecule has 20 atom stereocenters. The van der Waals surface area contributed by atoms with Crippen LogP contribution in [0.15, 0.2) is 118 Å². The van der Waals surface area contributed by atoms with Gasteiger partial charge in [-0.05, 0) is 95.6 Å². The molecule has 574 valence electrons. The Bertz CT molecular complexity index is 4300. The number of carboxylic acids is 1. The molecule has 19 N–H and O–H groups in total. The predicted octanol–water partition coefficient (Wildman–Crippen LogP) is -2.82. The van der Waals surface area contributed by atoms with Crippen molar-refractivity contribution in [3.05, 3.63) is 136 Å². The molecule has 0 radical (unpaired) electrons. The van der Waals surface area contributed by atoms with E-state index in [1.807, 2.05) is 0 Å². The van der Waals surface area contributed by atoms with E-state index in [0.717, 1.165) is 91.0 Å². The minimum absolute atomic E-state index is 0.119. The smallest absolute Gasteiger partial charge is 0.330 e. The summed E-state index contributed by atoms with van der Waals surface area (Å²) in [5.41, 5.74) is -0.853. The van der Waals surface area contributed by atoms with Crippen LogP contribution in [0.5, 0.6) is 57.5 Å². The van der Waals surface area contributed by atoms with Crippen molar-refractivity contribution in [2.24, 2.45) is 0 Å². The first-order valence-electron chi connectivity index (χ1n) is 32.0. The molecule has 38 nitrogen and oxygen atoms in total. The lowest BCUT2D eigenvalue weighted by molar-refractivity contribution is -0.278. The second kappa shape index (κ2) is 34.2. The van der Waals surface area contributed by atoms with Gasteiger partial charge in [0.2, 0.25) is 25.2 Å². The summed E-state index contributed by atoms with van der Waals surface area (Å²) in [5, 5.41) is 200. The van der Waals surface area contributed by atoms with E-state index in [1.54, 1.807) is 0 Å². The van der Waals surface area contributed by atoms with Gasteiger partial charge >= 0.3 is 29.8 Å². The highest BCUT2D eigenvalue weighted by molar-refractivity contribution is 5.90. The van der Waals surface area contributed by atoms with E-state index in [9.17, 15) is 121 Å². The van der Waals surface area contributed by atoms with Gasteiger partial charge in [-0.2, -0.15) is 0 Å². The molecule has 4 saturated heterocycles. The minimum Gasteiger partial charge on any atom is -0.504 e. The van der Waals surface area contributed by atoms with Crippen molar-refractivity contribution in [2.75, 3.05) is 26.4 Å². The summed E-state index contributed by atoms with van der Waals surface area (Å²) >= 11 is 0. The molecule has 0 spiro atoms. The largest absolute Gasteiger partial charge is 0.504 e. The highest BCUT2D eigenvalue weighted by Gasteiger charge is 2.50. The number of carboxylic acid groups (broad SMARTS) is 1. The maximum Gasteiger partial charge on any atom is 0.330 e. The van der Waals surface area contributed by atoms with E-state index >= 15 is 0 Å². The number of aliphatic hydroxyl groups excluding tert-OH is 12. The Morgan fingerprint density at radius 3 is 1.18 bits per heavy atom. The fourth-order valence-electron chi connectivity index (χ4n) is 10.9. The van der Waals surface area contributed by atoms with Gasteiger partial charge in [-0.15, -0.1) is 0 Å². The number of phenolic OH excluding ortho intramolecular Hbond substituents is 6. The van der Waals surface area contributed by atoms with Crippen LogP contribution in [0.25, 0.3) is 40.9 Å². The van der Waals surface area contributed by atoms with Crippen LogP contribution in [0.3, 0.4) is 0 Å². The van der Waals surface area contributed by atoms with Gasteiger partial charge in [0, 0.05) is 35.9 Å².